The van der Waals surface area contributed by atoms with Gasteiger partial charge in [0, 0.05) is 18.0 Å². The Balaban J connectivity index is 0.00000169. The summed E-state index contributed by atoms with van der Waals surface area (Å²) in [7, 11) is 0. The SMILES string of the molecule is Cl.Cl.O=C(NCC(c1cccc(Cl)c1)N1CCCC1)C1CC(F)(F)CN1. The summed E-state index contributed by atoms with van der Waals surface area (Å²) in [6, 6.07) is 6.79. The number of hydrogen-bond donors (Lipinski definition) is 2. The first kappa shape index (κ1) is 23.4. The van der Waals surface area contributed by atoms with Gasteiger partial charge in [0.1, 0.15) is 0 Å². The zero-order chi connectivity index (χ0) is 17.2. The fourth-order valence-corrected chi connectivity index (χ4v) is 3.64. The van der Waals surface area contributed by atoms with Gasteiger partial charge in [0.15, 0.2) is 0 Å². The average molecular weight is 431 g/mol. The quantitative estimate of drug-likeness (QED) is 0.752. The Hall–Kier alpha value is -0.660. The van der Waals surface area contributed by atoms with Crippen LogP contribution in [0.3, 0.4) is 0 Å². The Morgan fingerprint density at radius 2 is 2.04 bits per heavy atom. The molecule has 2 atom stereocenters. The number of benzene rings is 1. The molecule has 148 valence electrons. The molecule has 2 aliphatic heterocycles. The predicted octanol–water partition coefficient (Wildman–Crippen LogP) is 3.43. The Morgan fingerprint density at radius 1 is 1.35 bits per heavy atom. The van der Waals surface area contributed by atoms with Crippen LogP contribution in [0.15, 0.2) is 24.3 Å². The zero-order valence-corrected chi connectivity index (χ0v) is 16.6. The van der Waals surface area contributed by atoms with Crippen LogP contribution in [0.1, 0.15) is 30.9 Å². The minimum absolute atomic E-state index is 0. The first-order chi connectivity index (χ1) is 11.4. The minimum atomic E-state index is -2.80. The van der Waals surface area contributed by atoms with Crippen molar-refractivity contribution in [1.82, 2.24) is 15.5 Å². The van der Waals surface area contributed by atoms with E-state index in [0.717, 1.165) is 31.5 Å². The van der Waals surface area contributed by atoms with E-state index in [9.17, 15) is 13.6 Å². The Morgan fingerprint density at radius 3 is 2.62 bits per heavy atom. The largest absolute Gasteiger partial charge is 0.353 e. The fourth-order valence-electron chi connectivity index (χ4n) is 3.45. The lowest BCUT2D eigenvalue weighted by Gasteiger charge is -2.28. The van der Waals surface area contributed by atoms with Crippen molar-refractivity contribution in [2.75, 3.05) is 26.2 Å². The summed E-state index contributed by atoms with van der Waals surface area (Å²) in [6.45, 7) is 1.89. The first-order valence-electron chi connectivity index (χ1n) is 8.33. The van der Waals surface area contributed by atoms with Crippen LogP contribution in [-0.4, -0.2) is 49.0 Å². The molecule has 1 aromatic rings. The van der Waals surface area contributed by atoms with Crippen molar-refractivity contribution >= 4 is 42.3 Å². The van der Waals surface area contributed by atoms with Crippen LogP contribution >= 0.6 is 36.4 Å². The third-order valence-electron chi connectivity index (χ3n) is 4.71. The molecule has 0 bridgehead atoms. The number of rotatable bonds is 5. The normalized spacial score (nSPS) is 23.0. The van der Waals surface area contributed by atoms with Crippen molar-refractivity contribution in [1.29, 1.82) is 0 Å². The molecule has 2 saturated heterocycles. The smallest absolute Gasteiger partial charge is 0.262 e. The van der Waals surface area contributed by atoms with Gasteiger partial charge in [0.2, 0.25) is 5.91 Å². The summed E-state index contributed by atoms with van der Waals surface area (Å²) in [5.74, 6) is -3.16. The van der Waals surface area contributed by atoms with Gasteiger partial charge < -0.3 is 5.32 Å². The molecule has 26 heavy (non-hydrogen) atoms. The number of likely N-dealkylation sites (tertiary alicyclic amines) is 1. The van der Waals surface area contributed by atoms with Gasteiger partial charge >= 0.3 is 0 Å². The molecular weight excluding hydrogens is 407 g/mol. The highest BCUT2D eigenvalue weighted by Gasteiger charge is 2.42. The molecule has 0 spiro atoms. The van der Waals surface area contributed by atoms with E-state index in [1.807, 2.05) is 24.3 Å². The molecule has 9 heteroatoms. The highest BCUT2D eigenvalue weighted by molar-refractivity contribution is 6.30. The van der Waals surface area contributed by atoms with E-state index >= 15 is 0 Å². The number of nitrogens with zero attached hydrogens (tertiary/aromatic N) is 1. The van der Waals surface area contributed by atoms with E-state index < -0.39 is 24.9 Å². The third-order valence-corrected chi connectivity index (χ3v) is 4.95. The number of alkyl halides is 2. The molecule has 0 aromatic heterocycles. The zero-order valence-electron chi connectivity index (χ0n) is 14.2. The molecule has 0 radical (unpaired) electrons. The van der Waals surface area contributed by atoms with E-state index in [1.165, 1.54) is 0 Å². The van der Waals surface area contributed by atoms with Crippen molar-refractivity contribution in [2.24, 2.45) is 0 Å². The molecule has 1 amide bonds. The molecule has 2 unspecified atom stereocenters. The minimum Gasteiger partial charge on any atom is -0.353 e. The summed E-state index contributed by atoms with van der Waals surface area (Å²) in [6.07, 6.45) is 1.81. The second kappa shape index (κ2) is 10.0. The molecule has 3 rings (SSSR count). The van der Waals surface area contributed by atoms with Crippen LogP contribution in [-0.2, 0) is 4.79 Å². The number of hydrogen-bond acceptors (Lipinski definition) is 3. The van der Waals surface area contributed by atoms with Crippen molar-refractivity contribution in [3.05, 3.63) is 34.9 Å². The maximum Gasteiger partial charge on any atom is 0.262 e. The number of halogens is 5. The molecule has 0 saturated carbocycles. The average Bonchev–Trinajstić information content (AvgIpc) is 3.17. The van der Waals surface area contributed by atoms with Crippen molar-refractivity contribution < 1.29 is 13.6 Å². The van der Waals surface area contributed by atoms with Crippen LogP contribution < -0.4 is 10.6 Å². The molecule has 0 aliphatic carbocycles. The molecular formula is C17H24Cl3F2N3O. The lowest BCUT2D eigenvalue weighted by Crippen LogP contribution is -2.44. The van der Waals surface area contributed by atoms with Gasteiger partial charge in [-0.1, -0.05) is 23.7 Å². The summed E-state index contributed by atoms with van der Waals surface area (Å²) >= 11 is 6.09. The Labute approximate surface area is 169 Å². The van der Waals surface area contributed by atoms with E-state index in [4.69, 9.17) is 11.6 Å². The van der Waals surface area contributed by atoms with E-state index in [-0.39, 0.29) is 36.8 Å². The molecule has 2 heterocycles. The highest BCUT2D eigenvalue weighted by atomic mass is 35.5. The van der Waals surface area contributed by atoms with Crippen LogP contribution in [0.25, 0.3) is 0 Å². The topological polar surface area (TPSA) is 44.4 Å². The molecule has 2 fully saturated rings. The Bertz CT molecular complexity index is 600. The molecule has 4 nitrogen and oxygen atoms in total. The monoisotopic (exact) mass is 429 g/mol. The van der Waals surface area contributed by atoms with Crippen molar-refractivity contribution in [3.8, 4) is 0 Å². The van der Waals surface area contributed by atoms with Gasteiger partial charge in [-0.15, -0.1) is 24.8 Å². The van der Waals surface area contributed by atoms with Crippen LogP contribution in [0, 0.1) is 0 Å². The summed E-state index contributed by atoms with van der Waals surface area (Å²) in [5.41, 5.74) is 1.04. The van der Waals surface area contributed by atoms with E-state index in [0.29, 0.717) is 11.6 Å². The van der Waals surface area contributed by atoms with Crippen LogP contribution in [0.4, 0.5) is 8.78 Å². The van der Waals surface area contributed by atoms with Crippen molar-refractivity contribution in [3.63, 3.8) is 0 Å². The van der Waals surface area contributed by atoms with Gasteiger partial charge in [-0.3, -0.25) is 15.0 Å². The second-order valence-corrected chi connectivity index (χ2v) is 6.99. The van der Waals surface area contributed by atoms with Crippen LogP contribution in [0.5, 0.6) is 0 Å². The van der Waals surface area contributed by atoms with Gasteiger partial charge in [-0.25, -0.2) is 8.78 Å². The predicted molar refractivity (Wildman–Crippen MR) is 104 cm³/mol. The number of nitrogens with one attached hydrogen (secondary N) is 2. The molecule has 2 aliphatic rings. The van der Waals surface area contributed by atoms with E-state index in [1.54, 1.807) is 0 Å². The van der Waals surface area contributed by atoms with Crippen molar-refractivity contribution in [2.45, 2.75) is 37.3 Å². The lowest BCUT2D eigenvalue weighted by atomic mass is 10.1. The summed E-state index contributed by atoms with van der Waals surface area (Å²) < 4.78 is 26.5. The standard InChI is InChI=1S/C17H22ClF2N3O.2ClH/c18-13-5-3-4-12(8-13)15(23-6-1-2-7-23)10-21-16(24)14-9-17(19,20)11-22-14;;/h3-5,8,14-15,22H,1-2,6-7,9-11H2,(H,21,24);2*1H. The fraction of sp³-hybridized carbons (Fsp3) is 0.588. The second-order valence-electron chi connectivity index (χ2n) is 6.55. The third kappa shape index (κ3) is 5.92. The van der Waals surface area contributed by atoms with E-state index in [2.05, 4.69) is 15.5 Å². The number of carbonyl (C=O) groups is 1. The highest BCUT2D eigenvalue weighted by Crippen LogP contribution is 2.27. The molecule has 2 N–H and O–H groups in total. The number of amides is 1. The maximum atomic E-state index is 13.2. The van der Waals surface area contributed by atoms with Gasteiger partial charge in [0.05, 0.1) is 18.6 Å². The van der Waals surface area contributed by atoms with Gasteiger partial charge in [-0.05, 0) is 43.6 Å². The lowest BCUT2D eigenvalue weighted by molar-refractivity contribution is -0.123. The maximum absolute atomic E-state index is 13.2. The van der Waals surface area contributed by atoms with Gasteiger partial charge in [-0.2, -0.15) is 0 Å². The number of carbonyl (C=O) groups excluding carboxylic acids is 1. The Kier molecular flexibility index (Phi) is 9.03. The summed E-state index contributed by atoms with van der Waals surface area (Å²) in [4.78, 5) is 14.5. The first-order valence-corrected chi connectivity index (χ1v) is 8.71. The van der Waals surface area contributed by atoms with Gasteiger partial charge in [0.25, 0.3) is 5.92 Å². The van der Waals surface area contributed by atoms with Crippen LogP contribution in [0.2, 0.25) is 5.02 Å². The molecule has 1 aromatic carbocycles. The summed E-state index contributed by atoms with van der Waals surface area (Å²) in [5, 5.41) is 6.08.